The van der Waals surface area contributed by atoms with Crippen LogP contribution >= 0.6 is 15.9 Å². The SMILES string of the molecule is CCC(Br)Cc1ccc([N+](=O)[O-])c(C(F)(F)F)c1. The van der Waals surface area contributed by atoms with Gasteiger partial charge in [0.1, 0.15) is 5.56 Å². The zero-order chi connectivity index (χ0) is 13.9. The van der Waals surface area contributed by atoms with Gasteiger partial charge in [-0.2, -0.15) is 13.2 Å². The summed E-state index contributed by atoms with van der Waals surface area (Å²) in [5.41, 5.74) is -1.67. The lowest BCUT2D eigenvalue weighted by Crippen LogP contribution is -2.10. The van der Waals surface area contributed by atoms with E-state index in [0.717, 1.165) is 18.6 Å². The van der Waals surface area contributed by atoms with E-state index in [9.17, 15) is 23.3 Å². The van der Waals surface area contributed by atoms with E-state index < -0.39 is 22.4 Å². The highest BCUT2D eigenvalue weighted by Gasteiger charge is 2.38. The Morgan fingerprint density at radius 2 is 2.06 bits per heavy atom. The quantitative estimate of drug-likeness (QED) is 0.469. The minimum Gasteiger partial charge on any atom is -0.258 e. The molecule has 1 aromatic carbocycles. The van der Waals surface area contributed by atoms with E-state index >= 15 is 0 Å². The number of alkyl halides is 4. The summed E-state index contributed by atoms with van der Waals surface area (Å²) >= 11 is 3.32. The van der Waals surface area contributed by atoms with Gasteiger partial charge in [-0.1, -0.05) is 28.9 Å². The Morgan fingerprint density at radius 3 is 2.50 bits per heavy atom. The number of hydrogen-bond acceptors (Lipinski definition) is 2. The second-order valence-electron chi connectivity index (χ2n) is 3.82. The molecular weight excluding hydrogens is 315 g/mol. The molecule has 0 spiro atoms. The van der Waals surface area contributed by atoms with Gasteiger partial charge in [-0.25, -0.2) is 0 Å². The minimum atomic E-state index is -4.72. The van der Waals surface area contributed by atoms with Gasteiger partial charge in [0.2, 0.25) is 0 Å². The molecule has 0 heterocycles. The molecule has 0 radical (unpaired) electrons. The van der Waals surface area contributed by atoms with Crippen molar-refractivity contribution in [2.45, 2.75) is 30.8 Å². The van der Waals surface area contributed by atoms with Gasteiger partial charge in [0.15, 0.2) is 0 Å². The van der Waals surface area contributed by atoms with Crippen molar-refractivity contribution in [1.29, 1.82) is 0 Å². The Balaban J connectivity index is 3.18. The average Bonchev–Trinajstić information content (AvgIpc) is 2.27. The Labute approximate surface area is 110 Å². The van der Waals surface area contributed by atoms with Crippen LogP contribution in [0.1, 0.15) is 24.5 Å². The number of halogens is 4. The first-order valence-electron chi connectivity index (χ1n) is 5.24. The number of nitro benzene ring substituents is 1. The van der Waals surface area contributed by atoms with Crippen molar-refractivity contribution in [3.05, 3.63) is 39.4 Å². The fourth-order valence-corrected chi connectivity index (χ4v) is 1.87. The van der Waals surface area contributed by atoms with Gasteiger partial charge in [0.05, 0.1) is 4.92 Å². The molecule has 18 heavy (non-hydrogen) atoms. The van der Waals surface area contributed by atoms with Crippen LogP contribution in [0.15, 0.2) is 18.2 Å². The van der Waals surface area contributed by atoms with Crippen molar-refractivity contribution < 1.29 is 18.1 Å². The molecule has 1 atom stereocenters. The minimum absolute atomic E-state index is 0.0556. The van der Waals surface area contributed by atoms with Crippen LogP contribution in [0, 0.1) is 10.1 Å². The molecule has 1 aromatic rings. The first-order chi connectivity index (χ1) is 8.25. The molecule has 0 saturated heterocycles. The normalized spacial score (nSPS) is 13.4. The smallest absolute Gasteiger partial charge is 0.258 e. The molecule has 100 valence electrons. The van der Waals surface area contributed by atoms with Crippen LogP contribution in [-0.4, -0.2) is 9.75 Å². The fourth-order valence-electron chi connectivity index (χ4n) is 1.50. The summed E-state index contributed by atoms with van der Waals surface area (Å²) < 4.78 is 38.1. The summed E-state index contributed by atoms with van der Waals surface area (Å²) in [5.74, 6) is 0. The molecule has 0 saturated carbocycles. The van der Waals surface area contributed by atoms with Gasteiger partial charge in [-0.3, -0.25) is 10.1 Å². The van der Waals surface area contributed by atoms with Crippen LogP contribution in [0.3, 0.4) is 0 Å². The van der Waals surface area contributed by atoms with Gasteiger partial charge in [0.25, 0.3) is 5.69 Å². The molecule has 3 nitrogen and oxygen atoms in total. The van der Waals surface area contributed by atoms with Crippen LogP contribution in [0.5, 0.6) is 0 Å². The molecular formula is C11H11BrF3NO2. The van der Waals surface area contributed by atoms with E-state index in [1.54, 1.807) is 0 Å². The average molecular weight is 326 g/mol. The number of benzene rings is 1. The number of hydrogen-bond donors (Lipinski definition) is 0. The van der Waals surface area contributed by atoms with Gasteiger partial charge < -0.3 is 0 Å². The Hall–Kier alpha value is -1.11. The van der Waals surface area contributed by atoms with E-state index in [1.807, 2.05) is 6.92 Å². The van der Waals surface area contributed by atoms with E-state index in [1.165, 1.54) is 6.07 Å². The van der Waals surface area contributed by atoms with Crippen molar-refractivity contribution >= 4 is 21.6 Å². The van der Waals surface area contributed by atoms with Crippen molar-refractivity contribution in [1.82, 2.24) is 0 Å². The molecule has 0 N–H and O–H groups in total. The summed E-state index contributed by atoms with van der Waals surface area (Å²) in [5, 5.41) is 10.6. The van der Waals surface area contributed by atoms with E-state index in [4.69, 9.17) is 0 Å². The van der Waals surface area contributed by atoms with E-state index in [2.05, 4.69) is 15.9 Å². The fraction of sp³-hybridized carbons (Fsp3) is 0.455. The molecule has 0 fully saturated rings. The van der Waals surface area contributed by atoms with Crippen molar-refractivity contribution in [2.24, 2.45) is 0 Å². The molecule has 0 amide bonds. The van der Waals surface area contributed by atoms with E-state index in [-0.39, 0.29) is 4.83 Å². The van der Waals surface area contributed by atoms with E-state index in [0.29, 0.717) is 12.0 Å². The topological polar surface area (TPSA) is 43.1 Å². The predicted molar refractivity (Wildman–Crippen MR) is 64.8 cm³/mol. The molecule has 0 aliphatic rings. The number of rotatable bonds is 4. The maximum Gasteiger partial charge on any atom is 0.423 e. The molecule has 1 rings (SSSR count). The second kappa shape index (κ2) is 5.69. The summed E-state index contributed by atoms with van der Waals surface area (Å²) in [6.07, 6.45) is -3.55. The lowest BCUT2D eigenvalue weighted by atomic mass is 10.0. The van der Waals surface area contributed by atoms with Gasteiger partial charge >= 0.3 is 6.18 Å². The molecule has 0 aliphatic carbocycles. The Bertz CT molecular complexity index is 448. The highest BCUT2D eigenvalue weighted by molar-refractivity contribution is 9.09. The van der Waals surface area contributed by atoms with Gasteiger partial charge in [0, 0.05) is 10.9 Å². The van der Waals surface area contributed by atoms with Crippen LogP contribution in [0.2, 0.25) is 0 Å². The Morgan fingerprint density at radius 1 is 1.44 bits per heavy atom. The molecule has 0 aromatic heterocycles. The third kappa shape index (κ3) is 3.69. The highest BCUT2D eigenvalue weighted by Crippen LogP contribution is 2.36. The largest absolute Gasteiger partial charge is 0.423 e. The lowest BCUT2D eigenvalue weighted by Gasteiger charge is -2.11. The monoisotopic (exact) mass is 325 g/mol. The summed E-state index contributed by atoms with van der Waals surface area (Å²) in [6.45, 7) is 1.90. The van der Waals surface area contributed by atoms with Crippen molar-refractivity contribution in [3.8, 4) is 0 Å². The van der Waals surface area contributed by atoms with Crippen molar-refractivity contribution in [3.63, 3.8) is 0 Å². The zero-order valence-corrected chi connectivity index (χ0v) is 11.1. The molecule has 0 aliphatic heterocycles. The lowest BCUT2D eigenvalue weighted by molar-refractivity contribution is -0.388. The maximum atomic E-state index is 12.7. The number of nitrogens with zero attached hydrogens (tertiary/aromatic N) is 1. The number of nitro groups is 1. The van der Waals surface area contributed by atoms with Gasteiger partial charge in [-0.15, -0.1) is 0 Å². The van der Waals surface area contributed by atoms with Gasteiger partial charge in [-0.05, 0) is 24.5 Å². The van der Waals surface area contributed by atoms with Crippen LogP contribution in [0.25, 0.3) is 0 Å². The van der Waals surface area contributed by atoms with Crippen molar-refractivity contribution in [2.75, 3.05) is 0 Å². The molecule has 7 heteroatoms. The first-order valence-corrected chi connectivity index (χ1v) is 6.15. The third-order valence-corrected chi connectivity index (χ3v) is 3.43. The summed E-state index contributed by atoms with van der Waals surface area (Å²) in [7, 11) is 0. The molecule has 0 bridgehead atoms. The third-order valence-electron chi connectivity index (χ3n) is 2.46. The van der Waals surface area contributed by atoms with Crippen LogP contribution < -0.4 is 0 Å². The Kier molecular flexibility index (Phi) is 4.72. The zero-order valence-electron chi connectivity index (χ0n) is 9.50. The highest BCUT2D eigenvalue weighted by atomic mass is 79.9. The molecule has 1 unspecified atom stereocenters. The summed E-state index contributed by atoms with van der Waals surface area (Å²) in [6, 6.07) is 3.12. The van der Waals surface area contributed by atoms with Crippen LogP contribution in [-0.2, 0) is 12.6 Å². The van der Waals surface area contributed by atoms with Crippen LogP contribution in [0.4, 0.5) is 18.9 Å². The standard InChI is InChI=1S/C11H11BrF3NO2/c1-2-8(12)5-7-3-4-10(16(17)18)9(6-7)11(13,14)15/h3-4,6,8H,2,5H2,1H3. The second-order valence-corrected chi connectivity index (χ2v) is 5.11. The summed E-state index contributed by atoms with van der Waals surface area (Å²) in [4.78, 5) is 9.59. The first kappa shape index (κ1) is 14.9. The predicted octanol–water partition coefficient (Wildman–Crippen LogP) is 4.33. The maximum absolute atomic E-state index is 12.7.